The first-order valence-electron chi connectivity index (χ1n) is 9.41. The van der Waals surface area contributed by atoms with Crippen LogP contribution in [-0.2, 0) is 26.0 Å². The van der Waals surface area contributed by atoms with Crippen molar-refractivity contribution in [3.8, 4) is 10.6 Å². The predicted molar refractivity (Wildman–Crippen MR) is 113 cm³/mol. The zero-order valence-corrected chi connectivity index (χ0v) is 18.1. The van der Waals surface area contributed by atoms with Crippen LogP contribution >= 0.6 is 11.3 Å². The summed E-state index contributed by atoms with van der Waals surface area (Å²) < 4.78 is 41.2. The second-order valence-corrected chi connectivity index (χ2v) is 8.88. The van der Waals surface area contributed by atoms with Crippen LogP contribution in [0.25, 0.3) is 10.6 Å². The number of hydrogen-bond acceptors (Lipinski definition) is 6. The first kappa shape index (κ1) is 21.7. The van der Waals surface area contributed by atoms with Gasteiger partial charge in [0.25, 0.3) is 0 Å². The molecule has 156 valence electrons. The number of thiophene rings is 1. The first-order valence-corrected chi connectivity index (χ1v) is 11.8. The zero-order valence-electron chi connectivity index (χ0n) is 16.4. The molecule has 0 amide bonds. The van der Waals surface area contributed by atoms with E-state index >= 15 is 0 Å². The van der Waals surface area contributed by atoms with Gasteiger partial charge in [-0.2, -0.15) is 5.10 Å². The summed E-state index contributed by atoms with van der Waals surface area (Å²) in [6, 6.07) is 13.5. The summed E-state index contributed by atoms with van der Waals surface area (Å²) >= 11 is 1.45. The van der Waals surface area contributed by atoms with Gasteiger partial charge in [0.15, 0.2) is 6.29 Å². The quantitative estimate of drug-likeness (QED) is 0.467. The third-order valence-corrected chi connectivity index (χ3v) is 6.41. The average Bonchev–Trinajstić information content (AvgIpc) is 3.37. The second kappa shape index (κ2) is 10.1. The number of nitrogens with zero attached hydrogens (tertiary/aromatic N) is 2. The Hall–Kier alpha value is -2.04. The molecule has 0 saturated heterocycles. The van der Waals surface area contributed by atoms with Crippen molar-refractivity contribution in [3.63, 3.8) is 0 Å². The lowest BCUT2D eigenvalue weighted by Crippen LogP contribution is -2.35. The molecule has 0 bridgehead atoms. The van der Waals surface area contributed by atoms with E-state index < -0.39 is 16.3 Å². The number of nitrogens with one attached hydrogen (secondary N) is 1. The number of aromatic nitrogens is 2. The molecule has 0 fully saturated rings. The van der Waals surface area contributed by atoms with E-state index in [0.29, 0.717) is 25.5 Å². The van der Waals surface area contributed by atoms with Gasteiger partial charge in [-0.1, -0.05) is 36.4 Å². The molecule has 0 radical (unpaired) electrons. The molecule has 29 heavy (non-hydrogen) atoms. The Morgan fingerprint density at radius 3 is 2.45 bits per heavy atom. The largest absolute Gasteiger partial charge is 0.352 e. The van der Waals surface area contributed by atoms with Gasteiger partial charge in [-0.15, -0.1) is 11.3 Å². The Morgan fingerprint density at radius 1 is 1.10 bits per heavy atom. The van der Waals surface area contributed by atoms with Gasteiger partial charge < -0.3 is 9.47 Å². The van der Waals surface area contributed by atoms with E-state index in [0.717, 1.165) is 10.4 Å². The van der Waals surface area contributed by atoms with E-state index in [4.69, 9.17) is 9.47 Å². The number of sulfonamides is 1. The third-order valence-electron chi connectivity index (χ3n) is 4.10. The van der Waals surface area contributed by atoms with Crippen LogP contribution in [0, 0.1) is 0 Å². The fourth-order valence-corrected chi connectivity index (χ4v) is 4.79. The van der Waals surface area contributed by atoms with Crippen molar-refractivity contribution in [2.75, 3.05) is 19.8 Å². The van der Waals surface area contributed by atoms with Crippen LogP contribution in [0.1, 0.15) is 19.4 Å². The third kappa shape index (κ3) is 5.74. The maximum absolute atomic E-state index is 13.1. The Morgan fingerprint density at radius 2 is 1.83 bits per heavy atom. The number of hydrogen-bond donors (Lipinski definition) is 1. The van der Waals surface area contributed by atoms with Crippen LogP contribution in [0.3, 0.4) is 0 Å². The molecule has 2 heterocycles. The zero-order chi connectivity index (χ0) is 20.7. The molecule has 1 aromatic carbocycles. The highest BCUT2D eigenvalue weighted by Gasteiger charge is 2.25. The number of ether oxygens (including phenoxy) is 2. The van der Waals surface area contributed by atoms with Crippen molar-refractivity contribution in [3.05, 3.63) is 59.6 Å². The molecule has 0 aliphatic carbocycles. The highest BCUT2D eigenvalue weighted by atomic mass is 32.2. The molecular weight excluding hydrogens is 410 g/mol. The average molecular weight is 436 g/mol. The van der Waals surface area contributed by atoms with Crippen molar-refractivity contribution in [1.29, 1.82) is 0 Å². The summed E-state index contributed by atoms with van der Waals surface area (Å²) in [6.45, 7) is 5.04. The number of rotatable bonds is 11. The van der Waals surface area contributed by atoms with Crippen molar-refractivity contribution in [1.82, 2.24) is 14.5 Å². The maximum Gasteiger partial charge on any atom is 0.244 e. The van der Waals surface area contributed by atoms with E-state index in [1.54, 1.807) is 10.9 Å². The molecule has 7 nitrogen and oxygen atoms in total. The van der Waals surface area contributed by atoms with E-state index in [1.807, 2.05) is 61.7 Å². The minimum atomic E-state index is -3.81. The molecule has 3 aromatic rings. The lowest BCUT2D eigenvalue weighted by Gasteiger charge is -2.17. The van der Waals surface area contributed by atoms with Crippen molar-refractivity contribution in [2.45, 2.75) is 31.6 Å². The fraction of sp³-hybridized carbons (Fsp3) is 0.350. The van der Waals surface area contributed by atoms with Crippen LogP contribution in [0.5, 0.6) is 0 Å². The van der Waals surface area contributed by atoms with Gasteiger partial charge in [0.2, 0.25) is 10.0 Å². The van der Waals surface area contributed by atoms with Gasteiger partial charge in [0.1, 0.15) is 10.6 Å². The normalized spacial score (nSPS) is 12.0. The SMILES string of the molecule is CCOC(CNS(=O)(=O)c1cn(Cc2ccccc2)nc1-c1cccs1)OCC. The second-order valence-electron chi connectivity index (χ2n) is 6.19. The molecule has 3 rings (SSSR count). The van der Waals surface area contributed by atoms with Crippen LogP contribution < -0.4 is 4.72 Å². The lowest BCUT2D eigenvalue weighted by molar-refractivity contribution is -0.130. The van der Waals surface area contributed by atoms with Crippen molar-refractivity contribution < 1.29 is 17.9 Å². The standard InChI is InChI=1S/C20H25N3O4S2/c1-3-26-19(27-4-2)13-21-29(24,25)18-15-23(14-16-9-6-5-7-10-16)22-20(18)17-11-8-12-28-17/h5-12,15,19,21H,3-4,13-14H2,1-2H3. The number of benzene rings is 1. The van der Waals surface area contributed by atoms with Crippen molar-refractivity contribution >= 4 is 21.4 Å². The smallest absolute Gasteiger partial charge is 0.244 e. The van der Waals surface area contributed by atoms with Gasteiger partial charge >= 0.3 is 0 Å². The summed E-state index contributed by atoms with van der Waals surface area (Å²) in [5, 5.41) is 6.46. The maximum atomic E-state index is 13.1. The van der Waals surface area contributed by atoms with E-state index in [2.05, 4.69) is 9.82 Å². The van der Waals surface area contributed by atoms with Crippen molar-refractivity contribution in [2.24, 2.45) is 0 Å². The van der Waals surface area contributed by atoms with Gasteiger partial charge in [0, 0.05) is 19.4 Å². The molecular formula is C20H25N3O4S2. The van der Waals surface area contributed by atoms with Gasteiger partial charge in [-0.3, -0.25) is 4.68 Å². The minimum absolute atomic E-state index is 0.0256. The van der Waals surface area contributed by atoms with Crippen LogP contribution in [0.15, 0.2) is 58.9 Å². The summed E-state index contributed by atoms with van der Waals surface area (Å²) in [5.41, 5.74) is 1.48. The van der Waals surface area contributed by atoms with Crippen LogP contribution in [0.2, 0.25) is 0 Å². The minimum Gasteiger partial charge on any atom is -0.352 e. The predicted octanol–water partition coefficient (Wildman–Crippen LogP) is 3.34. The van der Waals surface area contributed by atoms with Gasteiger partial charge in [-0.25, -0.2) is 13.1 Å². The molecule has 0 atom stereocenters. The Balaban J connectivity index is 1.87. The molecule has 0 unspecified atom stereocenters. The summed E-state index contributed by atoms with van der Waals surface area (Å²) in [6.07, 6.45) is 0.935. The first-order chi connectivity index (χ1) is 14.0. The summed E-state index contributed by atoms with van der Waals surface area (Å²) in [5.74, 6) is 0. The van der Waals surface area contributed by atoms with Crippen LogP contribution in [0.4, 0.5) is 0 Å². The monoisotopic (exact) mass is 435 g/mol. The van der Waals surface area contributed by atoms with Gasteiger partial charge in [0.05, 0.1) is 18.0 Å². The summed E-state index contributed by atoms with van der Waals surface area (Å²) in [4.78, 5) is 0.936. The Bertz CT molecular complexity index is 980. The van der Waals surface area contributed by atoms with E-state index in [-0.39, 0.29) is 11.4 Å². The topological polar surface area (TPSA) is 82.5 Å². The highest BCUT2D eigenvalue weighted by Crippen LogP contribution is 2.29. The van der Waals surface area contributed by atoms with Crippen LogP contribution in [-0.4, -0.2) is 44.2 Å². The summed E-state index contributed by atoms with van der Waals surface area (Å²) in [7, 11) is -3.81. The molecule has 2 aromatic heterocycles. The molecule has 0 aliphatic rings. The lowest BCUT2D eigenvalue weighted by atomic mass is 10.2. The molecule has 0 spiro atoms. The Labute approximate surface area is 175 Å². The molecule has 1 N–H and O–H groups in total. The fourth-order valence-electron chi connectivity index (χ4n) is 2.83. The molecule has 9 heteroatoms. The highest BCUT2D eigenvalue weighted by molar-refractivity contribution is 7.89. The molecule has 0 saturated carbocycles. The van der Waals surface area contributed by atoms with E-state index in [9.17, 15) is 8.42 Å². The van der Waals surface area contributed by atoms with Gasteiger partial charge in [-0.05, 0) is 30.9 Å². The van der Waals surface area contributed by atoms with E-state index in [1.165, 1.54) is 11.3 Å². The Kier molecular flexibility index (Phi) is 7.57. The molecule has 0 aliphatic heterocycles.